The Morgan fingerprint density at radius 3 is 2.72 bits per heavy atom. The van der Waals surface area contributed by atoms with Gasteiger partial charge in [0.15, 0.2) is 0 Å². The lowest BCUT2D eigenvalue weighted by molar-refractivity contribution is 0.218. The van der Waals surface area contributed by atoms with Crippen LogP contribution >= 0.6 is 0 Å². The van der Waals surface area contributed by atoms with E-state index in [0.717, 1.165) is 22.4 Å². The smallest absolute Gasteiger partial charge is 0.321 e. The van der Waals surface area contributed by atoms with Crippen LogP contribution in [0, 0.1) is 0 Å². The number of rotatable bonds is 1. The van der Waals surface area contributed by atoms with Gasteiger partial charge in [-0.15, -0.1) is 0 Å². The molecule has 0 bridgehead atoms. The highest BCUT2D eigenvalue weighted by molar-refractivity contribution is 5.92. The fraction of sp³-hybridized carbons (Fsp3) is 0.143. The Morgan fingerprint density at radius 1 is 1.17 bits per heavy atom. The molecule has 2 amide bonds. The normalized spacial score (nSPS) is 14.1. The van der Waals surface area contributed by atoms with Gasteiger partial charge in [0.25, 0.3) is 0 Å². The van der Waals surface area contributed by atoms with Crippen molar-refractivity contribution in [1.82, 2.24) is 9.88 Å². The Morgan fingerprint density at radius 2 is 1.94 bits per heavy atom. The summed E-state index contributed by atoms with van der Waals surface area (Å²) in [5, 5.41) is 2.86. The molecule has 18 heavy (non-hydrogen) atoms. The van der Waals surface area contributed by atoms with Crippen molar-refractivity contribution in [3.63, 3.8) is 0 Å². The molecule has 90 valence electrons. The van der Waals surface area contributed by atoms with E-state index in [1.54, 1.807) is 24.3 Å². The molecule has 0 saturated carbocycles. The van der Waals surface area contributed by atoms with Crippen LogP contribution in [0.5, 0.6) is 0 Å². The van der Waals surface area contributed by atoms with Crippen LogP contribution in [0.4, 0.5) is 10.5 Å². The number of carbonyl (C=O) groups excluding carboxylic acids is 1. The Balaban J connectivity index is 2.02. The molecule has 0 spiro atoms. The number of anilines is 1. The summed E-state index contributed by atoms with van der Waals surface area (Å²) in [6.07, 6.45) is 3.56. The molecule has 3 rings (SSSR count). The topological polar surface area (TPSA) is 45.2 Å². The van der Waals surface area contributed by atoms with Crippen LogP contribution in [0.15, 0.2) is 42.7 Å². The second kappa shape index (κ2) is 4.14. The molecule has 1 aliphatic heterocycles. The maximum atomic E-state index is 11.5. The van der Waals surface area contributed by atoms with Gasteiger partial charge in [-0.05, 0) is 41.0 Å². The summed E-state index contributed by atoms with van der Waals surface area (Å²) >= 11 is 0. The van der Waals surface area contributed by atoms with E-state index in [2.05, 4.69) is 16.4 Å². The Hall–Kier alpha value is -2.36. The van der Waals surface area contributed by atoms with Gasteiger partial charge in [-0.25, -0.2) is 4.79 Å². The summed E-state index contributed by atoms with van der Waals surface area (Å²) in [5.74, 6) is 0. The minimum absolute atomic E-state index is 0.0563. The number of nitrogens with zero attached hydrogens (tertiary/aromatic N) is 2. The number of pyridine rings is 1. The van der Waals surface area contributed by atoms with Gasteiger partial charge in [0.05, 0.1) is 0 Å². The summed E-state index contributed by atoms with van der Waals surface area (Å²) in [4.78, 5) is 17.2. The third-order valence-corrected chi connectivity index (χ3v) is 3.11. The molecule has 4 heteroatoms. The van der Waals surface area contributed by atoms with E-state index in [9.17, 15) is 4.79 Å². The molecule has 1 aliphatic rings. The van der Waals surface area contributed by atoms with E-state index < -0.39 is 0 Å². The van der Waals surface area contributed by atoms with Crippen molar-refractivity contribution in [2.45, 2.75) is 6.54 Å². The SMILES string of the molecule is CN1Cc2cc(-c3ccncc3)ccc2NC1=O. The van der Waals surface area contributed by atoms with Crippen LogP contribution in [0.1, 0.15) is 5.56 Å². The highest BCUT2D eigenvalue weighted by atomic mass is 16.2. The summed E-state index contributed by atoms with van der Waals surface area (Å²) in [6, 6.07) is 9.98. The van der Waals surface area contributed by atoms with Crippen LogP contribution in [0.25, 0.3) is 11.1 Å². The molecule has 1 aromatic heterocycles. The molecule has 1 aromatic carbocycles. The first-order valence-corrected chi connectivity index (χ1v) is 5.79. The summed E-state index contributed by atoms with van der Waals surface area (Å²) in [7, 11) is 1.79. The van der Waals surface area contributed by atoms with E-state index in [4.69, 9.17) is 0 Å². The lowest BCUT2D eigenvalue weighted by Crippen LogP contribution is -2.35. The maximum Gasteiger partial charge on any atom is 0.321 e. The number of fused-ring (bicyclic) bond motifs is 1. The van der Waals surface area contributed by atoms with Crippen LogP contribution in [-0.2, 0) is 6.54 Å². The van der Waals surface area contributed by atoms with Crippen molar-refractivity contribution < 1.29 is 4.79 Å². The number of benzene rings is 1. The van der Waals surface area contributed by atoms with Crippen LogP contribution in [0.3, 0.4) is 0 Å². The first-order valence-electron chi connectivity index (χ1n) is 5.79. The first kappa shape index (κ1) is 10.8. The van der Waals surface area contributed by atoms with Gasteiger partial charge < -0.3 is 10.2 Å². The number of carbonyl (C=O) groups is 1. The predicted octanol–water partition coefficient (Wildman–Crippen LogP) is 2.73. The summed E-state index contributed by atoms with van der Waals surface area (Å²) in [6.45, 7) is 0.639. The standard InChI is InChI=1S/C14H13N3O/c1-17-9-12-8-11(10-4-6-15-7-5-10)2-3-13(12)16-14(17)18/h2-8H,9H2,1H3,(H,16,18). The highest BCUT2D eigenvalue weighted by Crippen LogP contribution is 2.28. The third-order valence-electron chi connectivity index (χ3n) is 3.11. The van der Waals surface area contributed by atoms with Crippen molar-refractivity contribution in [2.75, 3.05) is 12.4 Å². The second-order valence-electron chi connectivity index (χ2n) is 4.39. The zero-order valence-electron chi connectivity index (χ0n) is 10.1. The number of hydrogen-bond donors (Lipinski definition) is 1. The van der Waals surface area contributed by atoms with Crippen LogP contribution in [-0.4, -0.2) is 23.0 Å². The van der Waals surface area contributed by atoms with E-state index >= 15 is 0 Å². The van der Waals surface area contributed by atoms with Gasteiger partial charge in [-0.1, -0.05) is 6.07 Å². The average Bonchev–Trinajstić information content (AvgIpc) is 2.41. The lowest BCUT2D eigenvalue weighted by Gasteiger charge is -2.26. The molecule has 0 unspecified atom stereocenters. The molecule has 0 fully saturated rings. The molecular weight excluding hydrogens is 226 g/mol. The molecular formula is C14H13N3O. The molecule has 2 heterocycles. The van der Waals surface area contributed by atoms with Gasteiger partial charge in [-0.3, -0.25) is 4.98 Å². The summed E-state index contributed by atoms with van der Waals surface area (Å²) in [5.41, 5.74) is 4.30. The zero-order chi connectivity index (χ0) is 12.5. The molecule has 0 aliphatic carbocycles. The quantitative estimate of drug-likeness (QED) is 0.831. The molecule has 0 saturated heterocycles. The molecule has 4 nitrogen and oxygen atoms in total. The van der Waals surface area contributed by atoms with Crippen molar-refractivity contribution in [3.05, 3.63) is 48.3 Å². The van der Waals surface area contributed by atoms with Crippen molar-refractivity contribution in [2.24, 2.45) is 0 Å². The Bertz CT molecular complexity index is 595. The molecule has 0 radical (unpaired) electrons. The van der Waals surface area contributed by atoms with E-state index in [1.165, 1.54) is 0 Å². The lowest BCUT2D eigenvalue weighted by atomic mass is 10.0. The van der Waals surface area contributed by atoms with E-state index in [1.807, 2.05) is 24.3 Å². The summed E-state index contributed by atoms with van der Waals surface area (Å²) < 4.78 is 0. The fourth-order valence-corrected chi connectivity index (χ4v) is 2.11. The Labute approximate surface area is 105 Å². The first-order chi connectivity index (χ1) is 8.74. The van der Waals surface area contributed by atoms with Gasteiger partial charge in [0.2, 0.25) is 0 Å². The number of urea groups is 1. The van der Waals surface area contributed by atoms with Gasteiger partial charge >= 0.3 is 6.03 Å². The van der Waals surface area contributed by atoms with Gasteiger partial charge in [-0.2, -0.15) is 0 Å². The van der Waals surface area contributed by atoms with Crippen LogP contribution in [0.2, 0.25) is 0 Å². The minimum Gasteiger partial charge on any atom is -0.323 e. The van der Waals surface area contributed by atoms with Gasteiger partial charge in [0, 0.05) is 31.7 Å². The predicted molar refractivity (Wildman–Crippen MR) is 70.2 cm³/mol. The van der Waals surface area contributed by atoms with Crippen molar-refractivity contribution in [1.29, 1.82) is 0 Å². The second-order valence-corrected chi connectivity index (χ2v) is 4.39. The molecule has 1 N–H and O–H groups in total. The Kier molecular flexibility index (Phi) is 2.48. The highest BCUT2D eigenvalue weighted by Gasteiger charge is 2.19. The van der Waals surface area contributed by atoms with Crippen molar-refractivity contribution >= 4 is 11.7 Å². The largest absolute Gasteiger partial charge is 0.323 e. The average molecular weight is 239 g/mol. The zero-order valence-corrected chi connectivity index (χ0v) is 10.1. The fourth-order valence-electron chi connectivity index (χ4n) is 2.11. The minimum atomic E-state index is -0.0563. The van der Waals surface area contributed by atoms with Crippen LogP contribution < -0.4 is 5.32 Å². The van der Waals surface area contributed by atoms with E-state index in [-0.39, 0.29) is 6.03 Å². The monoisotopic (exact) mass is 239 g/mol. The van der Waals surface area contributed by atoms with Crippen molar-refractivity contribution in [3.8, 4) is 11.1 Å². The van der Waals surface area contributed by atoms with Gasteiger partial charge in [0.1, 0.15) is 0 Å². The number of nitrogens with one attached hydrogen (secondary N) is 1. The molecule has 0 atom stereocenters. The number of aromatic nitrogens is 1. The number of amides is 2. The maximum absolute atomic E-state index is 11.5. The number of hydrogen-bond acceptors (Lipinski definition) is 2. The molecule has 2 aromatic rings. The van der Waals surface area contributed by atoms with E-state index in [0.29, 0.717) is 6.54 Å². The third kappa shape index (κ3) is 1.82.